The van der Waals surface area contributed by atoms with Crippen molar-refractivity contribution in [1.29, 1.82) is 0 Å². The monoisotopic (exact) mass is 476 g/mol. The van der Waals surface area contributed by atoms with Crippen LogP contribution in [0.1, 0.15) is 18.5 Å². The van der Waals surface area contributed by atoms with Gasteiger partial charge in [-0.3, -0.25) is 0 Å². The number of ether oxygens (including phenoxy) is 1. The molecule has 0 aliphatic carbocycles. The van der Waals surface area contributed by atoms with E-state index >= 15 is 0 Å². The molecule has 2 aromatic carbocycles. The summed E-state index contributed by atoms with van der Waals surface area (Å²) in [6, 6.07) is 6.60. The molecule has 0 radical (unpaired) electrons. The van der Waals surface area contributed by atoms with Crippen LogP contribution in [0.5, 0.6) is 0 Å². The van der Waals surface area contributed by atoms with E-state index in [4.69, 9.17) is 9.94 Å². The van der Waals surface area contributed by atoms with E-state index in [0.717, 1.165) is 12.1 Å². The van der Waals surface area contributed by atoms with Crippen molar-refractivity contribution in [3.05, 3.63) is 42.0 Å². The van der Waals surface area contributed by atoms with Crippen LogP contribution >= 0.6 is 0 Å². The minimum Gasteiger partial charge on any atom is -0.744 e. The number of nitrogens with one attached hydrogen (secondary N) is 2. The van der Waals surface area contributed by atoms with Crippen molar-refractivity contribution >= 4 is 25.9 Å². The van der Waals surface area contributed by atoms with E-state index in [1.54, 1.807) is 0 Å². The number of rotatable bonds is 8. The molecular weight excluding hydrogens is 458 g/mol. The fourth-order valence-electron chi connectivity index (χ4n) is 2.53. The second-order valence-electron chi connectivity index (χ2n) is 5.84. The van der Waals surface area contributed by atoms with E-state index in [0.29, 0.717) is 0 Å². The molecule has 0 saturated heterocycles. The van der Waals surface area contributed by atoms with E-state index in [2.05, 4.69) is 5.32 Å². The van der Waals surface area contributed by atoms with Crippen LogP contribution in [-0.4, -0.2) is 45.0 Å². The van der Waals surface area contributed by atoms with Gasteiger partial charge in [-0.1, -0.05) is 18.2 Å². The Morgan fingerprint density at radius 2 is 1.47 bits per heavy atom. The zero-order valence-corrected chi connectivity index (χ0v) is 22.5. The van der Waals surface area contributed by atoms with E-state index in [1.165, 1.54) is 38.3 Å². The molecule has 0 saturated carbocycles. The van der Waals surface area contributed by atoms with E-state index in [-0.39, 0.29) is 88.2 Å². The van der Waals surface area contributed by atoms with Gasteiger partial charge in [-0.25, -0.2) is 16.8 Å². The standard InChI is InChI=1S/C16H20N2O8S2.2Na/c1-10(18-19)11-3-5-13(15(7-11)27(20,21)22)14-6-4-12(17-9-26-2)8-16(14)28(23,24)25;;/h3-8,10,17-19H,9H2,1-2H3,(H,20,21,22)(H,23,24,25);;/q;2*+1/p-2. The Hall–Kier alpha value is -0.0600. The summed E-state index contributed by atoms with van der Waals surface area (Å²) in [5, 5.41) is 11.7. The first-order valence-electron chi connectivity index (χ1n) is 7.81. The Morgan fingerprint density at radius 3 is 1.93 bits per heavy atom. The van der Waals surface area contributed by atoms with Crippen LogP contribution in [0.25, 0.3) is 11.1 Å². The molecular formula is C16H18N2Na2O8S2. The second-order valence-corrected chi connectivity index (χ2v) is 8.53. The third kappa shape index (κ3) is 7.52. The average molecular weight is 476 g/mol. The van der Waals surface area contributed by atoms with Gasteiger partial charge in [-0.05, 0) is 30.7 Å². The molecule has 2 aromatic rings. The smallest absolute Gasteiger partial charge is 0.744 e. The summed E-state index contributed by atoms with van der Waals surface area (Å²) in [5.41, 5.74) is 1.97. The molecule has 0 aliphatic heterocycles. The molecule has 0 heterocycles. The predicted molar refractivity (Wildman–Crippen MR) is 96.6 cm³/mol. The number of hydrogen-bond acceptors (Lipinski definition) is 10. The molecule has 10 nitrogen and oxygen atoms in total. The summed E-state index contributed by atoms with van der Waals surface area (Å²) >= 11 is 0. The maximum absolute atomic E-state index is 11.8. The maximum atomic E-state index is 11.8. The zero-order chi connectivity index (χ0) is 21.1. The SMILES string of the molecule is COCNc1ccc(-c2ccc(C(C)NO)cc2S(=O)(=O)[O-])c(S(=O)(=O)[O-])c1.[Na+].[Na+]. The minimum absolute atomic E-state index is 0. The molecule has 0 spiro atoms. The van der Waals surface area contributed by atoms with Crippen LogP contribution in [-0.2, 0) is 25.0 Å². The predicted octanol–water partition coefficient (Wildman–Crippen LogP) is -4.77. The van der Waals surface area contributed by atoms with Crippen molar-refractivity contribution in [3.8, 4) is 11.1 Å². The second kappa shape index (κ2) is 12.3. The third-order valence-corrected chi connectivity index (χ3v) is 5.68. The Kier molecular flexibility index (Phi) is 12.2. The van der Waals surface area contributed by atoms with Gasteiger partial charge in [0, 0.05) is 23.9 Å². The first-order valence-corrected chi connectivity index (χ1v) is 10.6. The Morgan fingerprint density at radius 1 is 0.967 bits per heavy atom. The molecule has 0 aromatic heterocycles. The zero-order valence-electron chi connectivity index (χ0n) is 16.9. The van der Waals surface area contributed by atoms with Crippen molar-refractivity contribution in [2.45, 2.75) is 22.8 Å². The van der Waals surface area contributed by atoms with Crippen LogP contribution in [0, 0.1) is 0 Å². The van der Waals surface area contributed by atoms with Crippen LogP contribution in [0.15, 0.2) is 46.2 Å². The fourth-order valence-corrected chi connectivity index (χ4v) is 3.98. The molecule has 0 fully saturated rings. The molecule has 14 heteroatoms. The molecule has 0 aliphatic rings. The van der Waals surface area contributed by atoms with E-state index < -0.39 is 36.1 Å². The molecule has 1 atom stereocenters. The van der Waals surface area contributed by atoms with Crippen molar-refractivity contribution in [2.75, 3.05) is 19.2 Å². The summed E-state index contributed by atoms with van der Waals surface area (Å²) in [6.07, 6.45) is 0. The molecule has 2 rings (SSSR count). The molecule has 0 bridgehead atoms. The minimum atomic E-state index is -5.02. The van der Waals surface area contributed by atoms with Gasteiger partial charge in [-0.2, -0.15) is 5.48 Å². The average Bonchev–Trinajstić information content (AvgIpc) is 2.63. The van der Waals surface area contributed by atoms with Gasteiger partial charge in [0.05, 0.1) is 15.8 Å². The number of hydroxylamine groups is 1. The maximum Gasteiger partial charge on any atom is 1.00 e. The molecule has 1 unspecified atom stereocenters. The van der Waals surface area contributed by atoms with Gasteiger partial charge in [0.15, 0.2) is 0 Å². The van der Waals surface area contributed by atoms with Crippen LogP contribution in [0.2, 0.25) is 0 Å². The number of benzene rings is 2. The summed E-state index contributed by atoms with van der Waals surface area (Å²) in [7, 11) is -8.62. The summed E-state index contributed by atoms with van der Waals surface area (Å²) < 4.78 is 75.4. The third-order valence-electron chi connectivity index (χ3n) is 3.93. The normalized spacial score (nSPS) is 12.4. The van der Waals surface area contributed by atoms with Gasteiger partial charge in [0.2, 0.25) is 0 Å². The molecule has 0 amide bonds. The Balaban J connectivity index is 0.00000420. The molecule has 3 N–H and O–H groups in total. The Bertz CT molecular complexity index is 1080. The van der Waals surface area contributed by atoms with Crippen LogP contribution < -0.4 is 69.9 Å². The summed E-state index contributed by atoms with van der Waals surface area (Å²) in [4.78, 5) is -1.41. The number of methoxy groups -OCH3 is 1. The van der Waals surface area contributed by atoms with Gasteiger partial charge < -0.3 is 24.4 Å². The molecule has 30 heavy (non-hydrogen) atoms. The van der Waals surface area contributed by atoms with Gasteiger partial charge in [0.25, 0.3) is 0 Å². The summed E-state index contributed by atoms with van der Waals surface area (Å²) in [6.45, 7) is 1.55. The molecule has 154 valence electrons. The van der Waals surface area contributed by atoms with Crippen molar-refractivity contribution < 1.29 is 95.0 Å². The van der Waals surface area contributed by atoms with E-state index in [9.17, 15) is 25.9 Å². The van der Waals surface area contributed by atoms with Gasteiger partial charge >= 0.3 is 59.1 Å². The van der Waals surface area contributed by atoms with Crippen LogP contribution in [0.3, 0.4) is 0 Å². The topological polar surface area (TPSA) is 168 Å². The fraction of sp³-hybridized carbons (Fsp3) is 0.250. The Labute approximate surface area is 219 Å². The number of hydrogen-bond donors (Lipinski definition) is 3. The number of anilines is 1. The van der Waals surface area contributed by atoms with Crippen molar-refractivity contribution in [3.63, 3.8) is 0 Å². The summed E-state index contributed by atoms with van der Waals surface area (Å²) in [5.74, 6) is 0. The van der Waals surface area contributed by atoms with Crippen LogP contribution in [0.4, 0.5) is 5.69 Å². The van der Waals surface area contributed by atoms with E-state index in [1.807, 2.05) is 5.48 Å². The first kappa shape index (κ1) is 29.9. The van der Waals surface area contributed by atoms with Gasteiger partial charge in [-0.15, -0.1) is 0 Å². The quantitative estimate of drug-likeness (QED) is 0.146. The van der Waals surface area contributed by atoms with Crippen molar-refractivity contribution in [2.24, 2.45) is 0 Å². The van der Waals surface area contributed by atoms with Gasteiger partial charge in [0.1, 0.15) is 27.0 Å². The van der Waals surface area contributed by atoms with Crippen molar-refractivity contribution in [1.82, 2.24) is 5.48 Å². The first-order chi connectivity index (χ1) is 13.0. The largest absolute Gasteiger partial charge is 1.00 e.